The van der Waals surface area contributed by atoms with Crippen molar-refractivity contribution in [3.63, 3.8) is 0 Å². The maximum Gasteiger partial charge on any atom is 0.163 e. The Kier molecular flexibility index (Phi) is 3.92. The molecule has 0 aliphatic rings. The van der Waals surface area contributed by atoms with Crippen LogP contribution in [0.25, 0.3) is 21.6 Å². The minimum Gasteiger partial charge on any atom is -0.340 e. The van der Waals surface area contributed by atoms with Crippen LogP contribution in [0.3, 0.4) is 0 Å². The molecule has 2 aromatic carbocycles. The van der Waals surface area contributed by atoms with E-state index in [-0.39, 0.29) is 0 Å². The summed E-state index contributed by atoms with van der Waals surface area (Å²) < 4.78 is 0. The van der Waals surface area contributed by atoms with Crippen molar-refractivity contribution in [3.05, 3.63) is 70.6 Å². The fourth-order valence-electron chi connectivity index (χ4n) is 2.52. The van der Waals surface area contributed by atoms with Gasteiger partial charge in [0.05, 0.1) is 5.39 Å². The first-order valence-electron chi connectivity index (χ1n) is 7.55. The molecule has 0 amide bonds. The molecular formula is C19H14ClN3S. The Labute approximate surface area is 149 Å². The quantitative estimate of drug-likeness (QED) is 0.487. The molecule has 0 atom stereocenters. The zero-order valence-electron chi connectivity index (χ0n) is 13.0. The van der Waals surface area contributed by atoms with Gasteiger partial charge >= 0.3 is 0 Å². The molecule has 0 saturated heterocycles. The van der Waals surface area contributed by atoms with E-state index in [4.69, 9.17) is 21.6 Å². The Balaban J connectivity index is 1.84. The van der Waals surface area contributed by atoms with Crippen LogP contribution in [-0.2, 0) is 0 Å². The van der Waals surface area contributed by atoms with Crippen LogP contribution in [0, 0.1) is 6.92 Å². The monoisotopic (exact) mass is 351 g/mol. The number of anilines is 2. The molecule has 0 spiro atoms. The smallest absolute Gasteiger partial charge is 0.163 e. The standard InChI is InChI=1S/C19H14ClN3S/c1-12-11-16-18(21-15-9-7-14(20)8-10-15)22-17(23-19(16)24-12)13-5-3-2-4-6-13/h2-11H,1H3,(H,21,22,23). The number of aromatic nitrogens is 2. The molecule has 0 unspecified atom stereocenters. The highest BCUT2D eigenvalue weighted by Gasteiger charge is 2.12. The largest absolute Gasteiger partial charge is 0.340 e. The SMILES string of the molecule is Cc1cc2c(Nc3ccc(Cl)cc3)nc(-c3ccccc3)nc2s1. The van der Waals surface area contributed by atoms with Gasteiger partial charge in [-0.05, 0) is 37.3 Å². The van der Waals surface area contributed by atoms with E-state index in [1.54, 1.807) is 11.3 Å². The van der Waals surface area contributed by atoms with E-state index in [2.05, 4.69) is 18.3 Å². The highest BCUT2D eigenvalue weighted by Crippen LogP contribution is 2.32. The number of halogens is 1. The van der Waals surface area contributed by atoms with E-state index in [0.29, 0.717) is 5.02 Å². The predicted octanol–water partition coefficient (Wildman–Crippen LogP) is 6.06. The van der Waals surface area contributed by atoms with Crippen molar-refractivity contribution < 1.29 is 0 Å². The number of fused-ring (bicyclic) bond motifs is 1. The number of hydrogen-bond acceptors (Lipinski definition) is 4. The average molecular weight is 352 g/mol. The van der Waals surface area contributed by atoms with Crippen LogP contribution in [0.1, 0.15) is 4.88 Å². The highest BCUT2D eigenvalue weighted by atomic mass is 35.5. The first-order valence-corrected chi connectivity index (χ1v) is 8.75. The van der Waals surface area contributed by atoms with Gasteiger partial charge in [0.2, 0.25) is 0 Å². The molecule has 0 saturated carbocycles. The van der Waals surface area contributed by atoms with Gasteiger partial charge in [-0.25, -0.2) is 9.97 Å². The number of benzene rings is 2. The number of rotatable bonds is 3. The van der Waals surface area contributed by atoms with Crippen LogP contribution >= 0.6 is 22.9 Å². The van der Waals surface area contributed by atoms with Crippen LogP contribution in [-0.4, -0.2) is 9.97 Å². The van der Waals surface area contributed by atoms with Gasteiger partial charge in [-0.2, -0.15) is 0 Å². The zero-order valence-corrected chi connectivity index (χ0v) is 14.5. The lowest BCUT2D eigenvalue weighted by Crippen LogP contribution is -1.97. The van der Waals surface area contributed by atoms with Gasteiger partial charge in [0, 0.05) is 21.2 Å². The van der Waals surface area contributed by atoms with E-state index >= 15 is 0 Å². The van der Waals surface area contributed by atoms with E-state index in [1.165, 1.54) is 4.88 Å². The van der Waals surface area contributed by atoms with Crippen LogP contribution in [0.5, 0.6) is 0 Å². The lowest BCUT2D eigenvalue weighted by molar-refractivity contribution is 1.23. The fraction of sp³-hybridized carbons (Fsp3) is 0.0526. The molecule has 1 N–H and O–H groups in total. The Hall–Kier alpha value is -2.43. The van der Waals surface area contributed by atoms with Gasteiger partial charge in [-0.1, -0.05) is 41.9 Å². The van der Waals surface area contributed by atoms with Crippen molar-refractivity contribution in [1.29, 1.82) is 0 Å². The van der Waals surface area contributed by atoms with Crippen LogP contribution < -0.4 is 5.32 Å². The van der Waals surface area contributed by atoms with Crippen molar-refractivity contribution in [2.45, 2.75) is 6.92 Å². The van der Waals surface area contributed by atoms with Gasteiger partial charge in [-0.3, -0.25) is 0 Å². The lowest BCUT2D eigenvalue weighted by atomic mass is 10.2. The second kappa shape index (κ2) is 6.23. The van der Waals surface area contributed by atoms with Gasteiger partial charge in [0.25, 0.3) is 0 Å². The van der Waals surface area contributed by atoms with Crippen molar-refractivity contribution in [3.8, 4) is 11.4 Å². The minimum absolute atomic E-state index is 0.713. The van der Waals surface area contributed by atoms with Crippen LogP contribution in [0.4, 0.5) is 11.5 Å². The zero-order chi connectivity index (χ0) is 16.5. The van der Waals surface area contributed by atoms with Gasteiger partial charge in [0.1, 0.15) is 10.6 Å². The summed E-state index contributed by atoms with van der Waals surface area (Å²) in [5, 5.41) is 5.14. The van der Waals surface area contributed by atoms with Crippen LogP contribution in [0.15, 0.2) is 60.7 Å². The second-order valence-electron chi connectivity index (χ2n) is 5.47. The number of nitrogens with one attached hydrogen (secondary N) is 1. The molecule has 0 fully saturated rings. The Morgan fingerprint density at radius 2 is 1.71 bits per heavy atom. The third-order valence-corrected chi connectivity index (χ3v) is 4.85. The summed E-state index contributed by atoms with van der Waals surface area (Å²) in [6.07, 6.45) is 0. The fourth-order valence-corrected chi connectivity index (χ4v) is 3.53. The Morgan fingerprint density at radius 1 is 0.958 bits per heavy atom. The summed E-state index contributed by atoms with van der Waals surface area (Å²) in [6, 6.07) is 19.7. The first kappa shape index (κ1) is 15.1. The van der Waals surface area contributed by atoms with Crippen molar-refractivity contribution >= 4 is 44.7 Å². The van der Waals surface area contributed by atoms with Crippen molar-refractivity contribution in [2.75, 3.05) is 5.32 Å². The molecule has 3 nitrogen and oxygen atoms in total. The van der Waals surface area contributed by atoms with Gasteiger partial charge in [0.15, 0.2) is 5.82 Å². The molecule has 4 rings (SSSR count). The maximum atomic E-state index is 5.97. The summed E-state index contributed by atoms with van der Waals surface area (Å²) in [4.78, 5) is 11.7. The normalized spacial score (nSPS) is 10.9. The summed E-state index contributed by atoms with van der Waals surface area (Å²) in [5.41, 5.74) is 1.95. The molecular weight excluding hydrogens is 338 g/mol. The Morgan fingerprint density at radius 3 is 2.46 bits per heavy atom. The average Bonchev–Trinajstić information content (AvgIpc) is 2.98. The maximum absolute atomic E-state index is 5.97. The molecule has 4 aromatic rings. The summed E-state index contributed by atoms with van der Waals surface area (Å²) >= 11 is 7.64. The predicted molar refractivity (Wildman–Crippen MR) is 102 cm³/mol. The summed E-state index contributed by atoms with van der Waals surface area (Å²) in [6.45, 7) is 2.08. The molecule has 0 bridgehead atoms. The number of thiophene rings is 1. The molecule has 2 aromatic heterocycles. The van der Waals surface area contributed by atoms with Gasteiger partial charge < -0.3 is 5.32 Å². The molecule has 2 heterocycles. The second-order valence-corrected chi connectivity index (χ2v) is 7.14. The summed E-state index contributed by atoms with van der Waals surface area (Å²) in [5.74, 6) is 1.53. The number of aryl methyl sites for hydroxylation is 1. The van der Waals surface area contributed by atoms with Crippen molar-refractivity contribution in [1.82, 2.24) is 9.97 Å². The molecule has 5 heteroatoms. The van der Waals surface area contributed by atoms with Gasteiger partial charge in [-0.15, -0.1) is 11.3 Å². The van der Waals surface area contributed by atoms with E-state index in [9.17, 15) is 0 Å². The van der Waals surface area contributed by atoms with E-state index in [0.717, 1.165) is 33.1 Å². The number of nitrogens with zero attached hydrogens (tertiary/aromatic N) is 2. The number of hydrogen-bond donors (Lipinski definition) is 1. The molecule has 118 valence electrons. The first-order chi connectivity index (χ1) is 11.7. The molecule has 24 heavy (non-hydrogen) atoms. The summed E-state index contributed by atoms with van der Waals surface area (Å²) in [7, 11) is 0. The highest BCUT2D eigenvalue weighted by molar-refractivity contribution is 7.18. The van der Waals surface area contributed by atoms with E-state index in [1.807, 2.05) is 54.6 Å². The third kappa shape index (κ3) is 2.98. The minimum atomic E-state index is 0.713. The van der Waals surface area contributed by atoms with Crippen molar-refractivity contribution in [2.24, 2.45) is 0 Å². The Bertz CT molecular complexity index is 994. The molecule has 0 radical (unpaired) electrons. The lowest BCUT2D eigenvalue weighted by Gasteiger charge is -2.09. The third-order valence-electron chi connectivity index (χ3n) is 3.65. The molecule has 0 aliphatic carbocycles. The van der Waals surface area contributed by atoms with Crippen LogP contribution in [0.2, 0.25) is 5.02 Å². The topological polar surface area (TPSA) is 37.8 Å². The van der Waals surface area contributed by atoms with E-state index < -0.39 is 0 Å². The molecule has 0 aliphatic heterocycles.